The topological polar surface area (TPSA) is 9.23 Å². The highest BCUT2D eigenvalue weighted by molar-refractivity contribution is 5.98. The molecule has 0 spiro atoms. The van der Waals surface area contributed by atoms with Gasteiger partial charge in [0.25, 0.3) is 0 Å². The molecule has 0 amide bonds. The van der Waals surface area contributed by atoms with Gasteiger partial charge in [0, 0.05) is 6.10 Å². The third-order valence-electron chi connectivity index (χ3n) is 3.52. The van der Waals surface area contributed by atoms with Gasteiger partial charge < -0.3 is 4.43 Å². The van der Waals surface area contributed by atoms with E-state index in [9.17, 15) is 0 Å². The third-order valence-corrected chi connectivity index (χ3v) is 4.26. The lowest BCUT2D eigenvalue weighted by molar-refractivity contribution is 0.0808. The molecule has 0 bridgehead atoms. The van der Waals surface area contributed by atoms with E-state index < -0.39 is 0 Å². The van der Waals surface area contributed by atoms with Crippen LogP contribution in [0.5, 0.6) is 0 Å². The summed E-state index contributed by atoms with van der Waals surface area (Å²) in [5.41, 5.74) is 0. The van der Waals surface area contributed by atoms with Crippen LogP contribution in [0.4, 0.5) is 0 Å². The zero-order valence-corrected chi connectivity index (χ0v) is 12.1. The Bertz CT molecular complexity index is 103. The van der Waals surface area contributed by atoms with Gasteiger partial charge in [0.15, 0.2) is 0 Å². The molecule has 3 atom stereocenters. The summed E-state index contributed by atoms with van der Waals surface area (Å²) in [6.45, 7) is 11.5. The van der Waals surface area contributed by atoms with Crippen molar-refractivity contribution >= 4 is 10.5 Å². The molecule has 0 aliphatic carbocycles. The molecular weight excluding hydrogens is 176 g/mol. The molecule has 2 heteroatoms. The molecule has 1 nitrogen and oxygen atoms in total. The summed E-state index contributed by atoms with van der Waals surface area (Å²) in [5, 5.41) is 0. The predicted molar refractivity (Wildman–Crippen MR) is 62.9 cm³/mol. The Kier molecular flexibility index (Phi) is 6.69. The molecule has 0 heterocycles. The van der Waals surface area contributed by atoms with Crippen molar-refractivity contribution in [2.75, 3.05) is 0 Å². The maximum absolute atomic E-state index is 5.60. The molecule has 80 valence electrons. The summed E-state index contributed by atoms with van der Waals surface area (Å²) in [6.07, 6.45) is 2.99. The zero-order valence-electron chi connectivity index (χ0n) is 10.1. The molecule has 13 heavy (non-hydrogen) atoms. The molecule has 0 aliphatic rings. The van der Waals surface area contributed by atoms with E-state index in [1.807, 2.05) is 0 Å². The molecule has 0 N–H and O–H groups in total. The van der Waals surface area contributed by atoms with Gasteiger partial charge in [-0.25, -0.2) is 0 Å². The minimum Gasteiger partial charge on any atom is -0.425 e. The van der Waals surface area contributed by atoms with Crippen LogP contribution in [-0.2, 0) is 4.43 Å². The van der Waals surface area contributed by atoms with Crippen molar-refractivity contribution in [1.29, 1.82) is 0 Å². The first kappa shape index (κ1) is 13.2. The molecule has 0 aromatic rings. The molecule has 3 unspecified atom stereocenters. The van der Waals surface area contributed by atoms with E-state index in [-0.39, 0.29) is 0 Å². The lowest BCUT2D eigenvalue weighted by atomic mass is 9.77. The Balaban J connectivity index is 4.34. The van der Waals surface area contributed by atoms with E-state index in [0.717, 1.165) is 28.2 Å². The highest BCUT2D eigenvalue weighted by atomic mass is 28.2. The lowest BCUT2D eigenvalue weighted by Crippen LogP contribution is -2.31. The highest BCUT2D eigenvalue weighted by Gasteiger charge is 2.26. The molecule has 0 radical (unpaired) electrons. The van der Waals surface area contributed by atoms with Gasteiger partial charge in [-0.3, -0.25) is 0 Å². The summed E-state index contributed by atoms with van der Waals surface area (Å²) >= 11 is 0. The van der Waals surface area contributed by atoms with E-state index in [1.165, 1.54) is 12.8 Å². The molecular formula is C11H26OSi. The van der Waals surface area contributed by atoms with Crippen LogP contribution in [-0.4, -0.2) is 16.6 Å². The van der Waals surface area contributed by atoms with Crippen LogP contribution < -0.4 is 0 Å². The molecule has 0 saturated carbocycles. The average Bonchev–Trinajstić information content (AvgIpc) is 2.16. The van der Waals surface area contributed by atoms with Gasteiger partial charge >= 0.3 is 0 Å². The van der Waals surface area contributed by atoms with Crippen molar-refractivity contribution in [3.8, 4) is 0 Å². The predicted octanol–water partition coefficient (Wildman–Crippen LogP) is 2.38. The monoisotopic (exact) mass is 202 g/mol. The van der Waals surface area contributed by atoms with Crippen LogP contribution in [0.2, 0.25) is 0 Å². The van der Waals surface area contributed by atoms with Gasteiger partial charge in [-0.2, -0.15) is 0 Å². The van der Waals surface area contributed by atoms with E-state index in [4.69, 9.17) is 4.43 Å². The minimum absolute atomic E-state index is 0.455. The maximum Gasteiger partial charge on any atom is 0.146 e. The van der Waals surface area contributed by atoms with Crippen LogP contribution in [0, 0.1) is 17.8 Å². The normalized spacial score (nSPS) is 21.0. The van der Waals surface area contributed by atoms with Crippen molar-refractivity contribution in [3.63, 3.8) is 0 Å². The third kappa shape index (κ3) is 3.82. The highest BCUT2D eigenvalue weighted by Crippen LogP contribution is 2.30. The van der Waals surface area contributed by atoms with E-state index >= 15 is 0 Å². The van der Waals surface area contributed by atoms with Gasteiger partial charge in [-0.1, -0.05) is 40.5 Å². The van der Waals surface area contributed by atoms with Crippen molar-refractivity contribution in [3.05, 3.63) is 0 Å². The van der Waals surface area contributed by atoms with Crippen LogP contribution in [0.25, 0.3) is 0 Å². The molecule has 0 saturated heterocycles. The van der Waals surface area contributed by atoms with E-state index in [2.05, 4.69) is 34.6 Å². The lowest BCUT2D eigenvalue weighted by Gasteiger charge is -2.33. The standard InChI is InChI=1S/C11H26OSi/c1-6-8(3)11(9(4)7-2)10(5)12-13/h8-11H,6-7H2,1-5,13H3. The smallest absolute Gasteiger partial charge is 0.146 e. The fraction of sp³-hybridized carbons (Fsp3) is 1.00. The van der Waals surface area contributed by atoms with Gasteiger partial charge in [0.2, 0.25) is 0 Å². The Morgan fingerprint density at radius 1 is 1.00 bits per heavy atom. The van der Waals surface area contributed by atoms with Crippen LogP contribution in [0.3, 0.4) is 0 Å². The Morgan fingerprint density at radius 2 is 1.38 bits per heavy atom. The van der Waals surface area contributed by atoms with E-state index in [0.29, 0.717) is 6.10 Å². The Morgan fingerprint density at radius 3 is 1.62 bits per heavy atom. The first-order valence-electron chi connectivity index (χ1n) is 5.61. The van der Waals surface area contributed by atoms with E-state index in [1.54, 1.807) is 0 Å². The quantitative estimate of drug-likeness (QED) is 0.601. The minimum atomic E-state index is 0.455. The van der Waals surface area contributed by atoms with Crippen molar-refractivity contribution in [1.82, 2.24) is 0 Å². The second kappa shape index (κ2) is 6.60. The number of hydrogen-bond acceptors (Lipinski definition) is 1. The second-order valence-electron chi connectivity index (χ2n) is 4.29. The molecule has 0 aromatic heterocycles. The maximum atomic E-state index is 5.60. The zero-order chi connectivity index (χ0) is 10.4. The fourth-order valence-corrected chi connectivity index (χ4v) is 2.50. The number of rotatable bonds is 6. The Hall–Kier alpha value is 0.177. The van der Waals surface area contributed by atoms with Crippen molar-refractivity contribution in [2.45, 2.75) is 53.6 Å². The van der Waals surface area contributed by atoms with Gasteiger partial charge in [-0.15, -0.1) is 0 Å². The molecule has 0 rings (SSSR count). The Labute approximate surface area is 86.8 Å². The first-order chi connectivity index (χ1) is 6.08. The van der Waals surface area contributed by atoms with Crippen LogP contribution in [0.1, 0.15) is 47.5 Å². The van der Waals surface area contributed by atoms with Gasteiger partial charge in [-0.05, 0) is 24.7 Å². The summed E-state index contributed by atoms with van der Waals surface area (Å²) in [5.74, 6) is 2.32. The second-order valence-corrected chi connectivity index (χ2v) is 4.76. The first-order valence-corrected chi connectivity index (χ1v) is 6.42. The molecule has 0 aromatic carbocycles. The summed E-state index contributed by atoms with van der Waals surface area (Å²) in [4.78, 5) is 0. The van der Waals surface area contributed by atoms with Crippen LogP contribution in [0.15, 0.2) is 0 Å². The summed E-state index contributed by atoms with van der Waals surface area (Å²) in [7, 11) is 0.867. The SMILES string of the molecule is CCC(C)C(C(C)CC)C(C)O[SiH3]. The summed E-state index contributed by atoms with van der Waals surface area (Å²) in [6, 6.07) is 0. The average molecular weight is 202 g/mol. The van der Waals surface area contributed by atoms with Gasteiger partial charge in [0.05, 0.1) is 0 Å². The summed E-state index contributed by atoms with van der Waals surface area (Å²) < 4.78 is 5.60. The molecule has 0 aliphatic heterocycles. The number of hydrogen-bond donors (Lipinski definition) is 0. The molecule has 0 fully saturated rings. The largest absolute Gasteiger partial charge is 0.425 e. The fourth-order valence-electron chi connectivity index (χ4n) is 2.19. The van der Waals surface area contributed by atoms with Gasteiger partial charge in [0.1, 0.15) is 10.5 Å². The van der Waals surface area contributed by atoms with Crippen molar-refractivity contribution < 1.29 is 4.43 Å². The van der Waals surface area contributed by atoms with Crippen molar-refractivity contribution in [2.24, 2.45) is 17.8 Å². The van der Waals surface area contributed by atoms with Crippen LogP contribution >= 0.6 is 0 Å².